The number of hydrogen-bond donors (Lipinski definition) is 0. The summed E-state index contributed by atoms with van der Waals surface area (Å²) in [5.74, 6) is -3.92. The molecule has 3 aromatic rings. The van der Waals surface area contributed by atoms with Gasteiger partial charge in [-0.1, -0.05) is 54.2 Å². The summed E-state index contributed by atoms with van der Waals surface area (Å²) in [7, 11) is 0. The lowest BCUT2D eigenvalue weighted by atomic mass is 10.0. The zero-order valence-corrected chi connectivity index (χ0v) is 15.8. The van der Waals surface area contributed by atoms with Gasteiger partial charge in [-0.25, -0.2) is 13.8 Å². The number of hydrogen-bond acceptors (Lipinski definition) is 3. The normalized spacial score (nSPS) is 16.0. The largest absolute Gasteiger partial charge is 0.475 e. The van der Waals surface area contributed by atoms with Crippen LogP contribution in [0.5, 0.6) is 0 Å². The molecule has 1 heterocycles. The first kappa shape index (κ1) is 19.5. The van der Waals surface area contributed by atoms with Crippen molar-refractivity contribution < 1.29 is 22.3 Å². The van der Waals surface area contributed by atoms with E-state index in [0.717, 1.165) is 28.8 Å². The fourth-order valence-corrected chi connectivity index (χ4v) is 3.61. The van der Waals surface area contributed by atoms with E-state index < -0.39 is 17.4 Å². The van der Waals surface area contributed by atoms with Crippen LogP contribution >= 0.6 is 11.8 Å². The van der Waals surface area contributed by atoms with Gasteiger partial charge < -0.3 is 4.74 Å². The molecule has 1 aliphatic heterocycles. The summed E-state index contributed by atoms with van der Waals surface area (Å²) >= 11 is 0.507. The molecule has 1 aliphatic rings. The summed E-state index contributed by atoms with van der Waals surface area (Å²) in [5.41, 5.74) is 2.42. The lowest BCUT2D eigenvalue weighted by Gasteiger charge is -2.08. The summed E-state index contributed by atoms with van der Waals surface area (Å²) in [5, 5.41) is 0. The van der Waals surface area contributed by atoms with E-state index in [1.807, 2.05) is 24.3 Å². The van der Waals surface area contributed by atoms with E-state index in [1.165, 1.54) is 6.07 Å². The first-order valence-electron chi connectivity index (χ1n) is 8.81. The van der Waals surface area contributed by atoms with Crippen LogP contribution in [0.3, 0.4) is 0 Å². The molecule has 0 radical (unpaired) electrons. The lowest BCUT2D eigenvalue weighted by molar-refractivity contribution is 0.252. The first-order valence-corrected chi connectivity index (χ1v) is 9.69. The molecule has 148 valence electrons. The van der Waals surface area contributed by atoms with Gasteiger partial charge in [0.05, 0.1) is 0 Å². The summed E-state index contributed by atoms with van der Waals surface area (Å²) in [4.78, 5) is 4.84. The number of ether oxygens (including phenoxy) is 1. The fourth-order valence-electron chi connectivity index (χ4n) is 3.11. The summed E-state index contributed by atoms with van der Waals surface area (Å²) in [6.07, 6.45) is 0. The highest BCUT2D eigenvalue weighted by Crippen LogP contribution is 2.31. The van der Waals surface area contributed by atoms with E-state index in [9.17, 15) is 17.6 Å². The van der Waals surface area contributed by atoms with Crippen LogP contribution in [0.4, 0.5) is 17.6 Å². The average molecular weight is 417 g/mol. The van der Waals surface area contributed by atoms with Gasteiger partial charge in [-0.3, -0.25) is 0 Å². The number of halogens is 4. The molecule has 0 saturated heterocycles. The third-order valence-electron chi connectivity index (χ3n) is 4.54. The van der Waals surface area contributed by atoms with Gasteiger partial charge in [0.15, 0.2) is 0 Å². The van der Waals surface area contributed by atoms with Crippen molar-refractivity contribution in [3.05, 3.63) is 89.5 Å². The van der Waals surface area contributed by atoms with E-state index in [-0.39, 0.29) is 24.1 Å². The van der Waals surface area contributed by atoms with Crippen LogP contribution in [0.1, 0.15) is 17.2 Å². The van der Waals surface area contributed by atoms with Crippen LogP contribution in [0.25, 0.3) is 11.1 Å². The Kier molecular flexibility index (Phi) is 5.58. The zero-order chi connectivity index (χ0) is 20.4. The van der Waals surface area contributed by atoms with Gasteiger partial charge in [-0.05, 0) is 41.0 Å². The highest BCUT2D eigenvalue weighted by molar-refractivity contribution is 7.99. The molecule has 0 spiro atoms. The third kappa shape index (κ3) is 4.29. The minimum Gasteiger partial charge on any atom is -0.475 e. The molecule has 0 amide bonds. The van der Waals surface area contributed by atoms with Crippen LogP contribution in [-0.4, -0.2) is 18.3 Å². The molecule has 0 N–H and O–H groups in total. The summed E-state index contributed by atoms with van der Waals surface area (Å²) in [6.45, 7) is 0.196. The van der Waals surface area contributed by atoms with E-state index in [4.69, 9.17) is 4.74 Å². The highest BCUT2D eigenvalue weighted by Gasteiger charge is 2.26. The molecule has 0 aromatic heterocycles. The van der Waals surface area contributed by atoms with E-state index in [0.29, 0.717) is 16.7 Å². The Morgan fingerprint density at radius 1 is 0.862 bits per heavy atom. The predicted molar refractivity (Wildman–Crippen MR) is 105 cm³/mol. The zero-order valence-electron chi connectivity index (χ0n) is 15.0. The number of rotatable bonds is 5. The monoisotopic (exact) mass is 417 g/mol. The first-order chi connectivity index (χ1) is 14.0. The van der Waals surface area contributed by atoms with Crippen LogP contribution in [-0.2, 0) is 4.74 Å². The van der Waals surface area contributed by atoms with E-state index in [2.05, 4.69) is 4.99 Å². The maximum atomic E-state index is 13.9. The fraction of sp³-hybridized carbons (Fsp3) is 0.136. The SMILES string of the molecule is Fc1cccc(F)c1C1=N[C@H](c2ccc(-c3ccc(SC(F)F)cc3)cc2)CO1. The maximum absolute atomic E-state index is 13.9. The van der Waals surface area contributed by atoms with Gasteiger partial charge >= 0.3 is 0 Å². The van der Waals surface area contributed by atoms with Gasteiger partial charge in [0.25, 0.3) is 5.76 Å². The topological polar surface area (TPSA) is 21.6 Å². The molecule has 0 aliphatic carbocycles. The molecule has 7 heteroatoms. The van der Waals surface area contributed by atoms with Crippen molar-refractivity contribution in [1.29, 1.82) is 0 Å². The van der Waals surface area contributed by atoms with Crippen molar-refractivity contribution in [1.82, 2.24) is 0 Å². The number of aliphatic imine (C=N–C) groups is 1. The standard InChI is InChI=1S/C22H15F4NOS/c23-17-2-1-3-18(24)20(17)21-27-19(12-28-21)15-6-4-13(5-7-15)14-8-10-16(11-9-14)29-22(25)26/h1-11,19,22H,12H2/t19-/m0/s1. The Hall–Kier alpha value is -2.80. The van der Waals surface area contributed by atoms with Crippen LogP contribution in [0.2, 0.25) is 0 Å². The van der Waals surface area contributed by atoms with Crippen LogP contribution in [0, 0.1) is 11.6 Å². The second kappa shape index (κ2) is 8.29. The number of alkyl halides is 2. The summed E-state index contributed by atoms with van der Waals surface area (Å²) in [6, 6.07) is 17.7. The van der Waals surface area contributed by atoms with Crippen LogP contribution in [0.15, 0.2) is 76.6 Å². The molecule has 0 saturated carbocycles. The van der Waals surface area contributed by atoms with Crippen molar-refractivity contribution in [2.45, 2.75) is 16.7 Å². The van der Waals surface area contributed by atoms with Gasteiger partial charge in [-0.2, -0.15) is 8.78 Å². The van der Waals surface area contributed by atoms with Gasteiger partial charge in [0.2, 0.25) is 5.90 Å². The molecule has 0 fully saturated rings. The Morgan fingerprint density at radius 3 is 2.03 bits per heavy atom. The van der Waals surface area contributed by atoms with Crippen molar-refractivity contribution in [2.24, 2.45) is 4.99 Å². The van der Waals surface area contributed by atoms with Gasteiger partial charge in [-0.15, -0.1) is 0 Å². The minimum atomic E-state index is -2.45. The molecule has 0 unspecified atom stereocenters. The molecular weight excluding hydrogens is 402 g/mol. The number of nitrogens with zero attached hydrogens (tertiary/aromatic N) is 1. The van der Waals surface area contributed by atoms with Gasteiger partial charge in [0, 0.05) is 4.90 Å². The molecular formula is C22H15F4NOS. The number of benzene rings is 3. The average Bonchev–Trinajstić information content (AvgIpc) is 3.18. The maximum Gasteiger partial charge on any atom is 0.288 e. The quantitative estimate of drug-likeness (QED) is 0.351. The highest BCUT2D eigenvalue weighted by atomic mass is 32.2. The molecule has 2 nitrogen and oxygen atoms in total. The molecule has 1 atom stereocenters. The van der Waals surface area contributed by atoms with Gasteiger partial charge in [0.1, 0.15) is 29.8 Å². The molecule has 29 heavy (non-hydrogen) atoms. The minimum absolute atomic E-state index is 0.0400. The Morgan fingerprint density at radius 2 is 1.45 bits per heavy atom. The third-order valence-corrected chi connectivity index (χ3v) is 5.26. The summed E-state index contributed by atoms with van der Waals surface area (Å²) < 4.78 is 58.1. The smallest absolute Gasteiger partial charge is 0.288 e. The van der Waals surface area contributed by atoms with Crippen molar-refractivity contribution in [3.63, 3.8) is 0 Å². The second-order valence-corrected chi connectivity index (χ2v) is 7.45. The van der Waals surface area contributed by atoms with Crippen molar-refractivity contribution in [2.75, 3.05) is 6.61 Å². The lowest BCUT2D eigenvalue weighted by Crippen LogP contribution is -2.07. The Balaban J connectivity index is 1.52. The van der Waals surface area contributed by atoms with Crippen molar-refractivity contribution in [3.8, 4) is 11.1 Å². The number of thioether (sulfide) groups is 1. The van der Waals surface area contributed by atoms with E-state index >= 15 is 0 Å². The second-order valence-electron chi connectivity index (χ2n) is 6.38. The molecule has 4 rings (SSSR count). The Bertz CT molecular complexity index is 1020. The molecule has 0 bridgehead atoms. The van der Waals surface area contributed by atoms with E-state index in [1.54, 1.807) is 24.3 Å². The van der Waals surface area contributed by atoms with Crippen molar-refractivity contribution >= 4 is 17.7 Å². The Labute approximate surface area is 169 Å². The predicted octanol–water partition coefficient (Wildman–Crippen LogP) is 6.46. The molecule has 3 aromatic carbocycles. The van der Waals surface area contributed by atoms with Crippen LogP contribution < -0.4 is 0 Å².